The van der Waals surface area contributed by atoms with E-state index in [0.29, 0.717) is 19.8 Å². The van der Waals surface area contributed by atoms with Crippen LogP contribution in [0.4, 0.5) is 5.13 Å². The predicted molar refractivity (Wildman–Crippen MR) is 141 cm³/mol. The molecule has 1 amide bonds. The number of aromatic nitrogens is 2. The molecule has 190 valence electrons. The summed E-state index contributed by atoms with van der Waals surface area (Å²) < 4.78 is 15.5. The number of piperazine rings is 1. The van der Waals surface area contributed by atoms with E-state index in [0.717, 1.165) is 61.6 Å². The van der Waals surface area contributed by atoms with Gasteiger partial charge < -0.3 is 19.3 Å². The summed E-state index contributed by atoms with van der Waals surface area (Å²) in [6.07, 6.45) is 1.20. The van der Waals surface area contributed by atoms with Crippen LogP contribution in [0.1, 0.15) is 37.2 Å². The zero-order valence-electron chi connectivity index (χ0n) is 20.9. The van der Waals surface area contributed by atoms with E-state index >= 15 is 0 Å². The second-order valence-electron chi connectivity index (χ2n) is 9.54. The first-order chi connectivity index (χ1) is 17.5. The third kappa shape index (κ3) is 5.96. The van der Waals surface area contributed by atoms with Crippen LogP contribution < -0.4 is 14.4 Å². The quantitative estimate of drug-likeness (QED) is 0.436. The fraction of sp³-hybridized carbons (Fsp3) is 0.444. The number of benzene rings is 2. The van der Waals surface area contributed by atoms with Crippen LogP contribution >= 0.6 is 11.5 Å². The minimum absolute atomic E-state index is 0.206. The van der Waals surface area contributed by atoms with Gasteiger partial charge in [0.25, 0.3) is 0 Å². The molecule has 3 heterocycles. The molecule has 1 aromatic heterocycles. The van der Waals surface area contributed by atoms with Crippen LogP contribution in [0.3, 0.4) is 0 Å². The molecule has 0 bridgehead atoms. The standard InChI is InChI=1S/C27H33N5O3S/c1-20(2)32(27-28-25(29-36-27)17-21-6-4-3-5-7-21)11-10-26(33)31-14-12-30(13-15-31)18-22-8-9-23-24(16-22)35-19-34-23/h3-9,16,20H,10-15,17-19H2,1-2H3. The first-order valence-electron chi connectivity index (χ1n) is 12.6. The summed E-state index contributed by atoms with van der Waals surface area (Å²) in [5.74, 6) is 2.67. The number of nitrogens with zero attached hydrogens (tertiary/aromatic N) is 5. The molecule has 0 unspecified atom stereocenters. The Hall–Kier alpha value is -3.17. The van der Waals surface area contributed by atoms with E-state index in [1.54, 1.807) is 0 Å². The Labute approximate surface area is 216 Å². The van der Waals surface area contributed by atoms with Crippen molar-refractivity contribution in [2.24, 2.45) is 0 Å². The van der Waals surface area contributed by atoms with E-state index in [1.807, 2.05) is 29.2 Å². The van der Waals surface area contributed by atoms with E-state index < -0.39 is 0 Å². The number of carbonyl (C=O) groups is 1. The number of carbonyl (C=O) groups excluding carboxylic acids is 1. The molecule has 0 spiro atoms. The molecule has 0 N–H and O–H groups in total. The number of rotatable bonds is 9. The van der Waals surface area contributed by atoms with Gasteiger partial charge >= 0.3 is 0 Å². The highest BCUT2D eigenvalue weighted by atomic mass is 32.1. The van der Waals surface area contributed by atoms with Gasteiger partial charge in [0.1, 0.15) is 5.82 Å². The summed E-state index contributed by atoms with van der Waals surface area (Å²) in [6, 6.07) is 16.6. The molecule has 0 aliphatic carbocycles. The van der Waals surface area contributed by atoms with Gasteiger partial charge in [0.15, 0.2) is 11.5 Å². The van der Waals surface area contributed by atoms with Gasteiger partial charge in [0, 0.05) is 69.7 Å². The number of hydrogen-bond donors (Lipinski definition) is 0. The van der Waals surface area contributed by atoms with Gasteiger partial charge in [-0.1, -0.05) is 36.4 Å². The van der Waals surface area contributed by atoms with Crippen LogP contribution in [-0.2, 0) is 17.8 Å². The lowest BCUT2D eigenvalue weighted by molar-refractivity contribution is -0.132. The highest BCUT2D eigenvalue weighted by Gasteiger charge is 2.24. The first-order valence-corrected chi connectivity index (χ1v) is 13.3. The average Bonchev–Trinajstić information content (AvgIpc) is 3.54. The molecule has 1 saturated heterocycles. The lowest BCUT2D eigenvalue weighted by atomic mass is 10.1. The lowest BCUT2D eigenvalue weighted by Gasteiger charge is -2.35. The van der Waals surface area contributed by atoms with E-state index in [1.165, 1.54) is 22.7 Å². The SMILES string of the molecule is CC(C)N(CCC(=O)N1CCN(Cc2ccc3c(c2)OCO3)CC1)c1nc(Cc2ccccc2)ns1. The smallest absolute Gasteiger partial charge is 0.231 e. The number of ether oxygens (including phenoxy) is 2. The molecule has 0 atom stereocenters. The summed E-state index contributed by atoms with van der Waals surface area (Å²) in [6.45, 7) is 9.31. The molecular weight excluding hydrogens is 474 g/mol. The van der Waals surface area contributed by atoms with Crippen molar-refractivity contribution < 1.29 is 14.3 Å². The van der Waals surface area contributed by atoms with Gasteiger partial charge in [-0.3, -0.25) is 9.69 Å². The fourth-order valence-corrected chi connectivity index (χ4v) is 5.46. The topological polar surface area (TPSA) is 71.0 Å². The number of hydrogen-bond acceptors (Lipinski definition) is 8. The van der Waals surface area contributed by atoms with Crippen LogP contribution in [0.5, 0.6) is 11.5 Å². The van der Waals surface area contributed by atoms with E-state index in [-0.39, 0.29) is 11.9 Å². The van der Waals surface area contributed by atoms with Crippen molar-refractivity contribution in [3.63, 3.8) is 0 Å². The molecule has 3 aromatic rings. The summed E-state index contributed by atoms with van der Waals surface area (Å²) in [4.78, 5) is 24.4. The van der Waals surface area contributed by atoms with Crippen LogP contribution in [0.2, 0.25) is 0 Å². The van der Waals surface area contributed by atoms with Gasteiger partial charge in [-0.25, -0.2) is 4.98 Å². The van der Waals surface area contributed by atoms with Gasteiger partial charge in [0.05, 0.1) is 0 Å². The highest BCUT2D eigenvalue weighted by molar-refractivity contribution is 7.09. The molecule has 2 aliphatic heterocycles. The van der Waals surface area contributed by atoms with E-state index in [9.17, 15) is 4.79 Å². The Kier molecular flexibility index (Phi) is 7.67. The fourth-order valence-electron chi connectivity index (χ4n) is 4.61. The molecule has 5 rings (SSSR count). The van der Waals surface area contributed by atoms with Crippen molar-refractivity contribution in [2.75, 3.05) is 44.4 Å². The average molecular weight is 508 g/mol. The molecule has 9 heteroatoms. The summed E-state index contributed by atoms with van der Waals surface area (Å²) >= 11 is 1.42. The van der Waals surface area contributed by atoms with Crippen molar-refractivity contribution in [1.29, 1.82) is 0 Å². The summed E-state index contributed by atoms with van der Waals surface area (Å²) in [7, 11) is 0. The van der Waals surface area contributed by atoms with Crippen molar-refractivity contribution in [2.45, 2.75) is 39.3 Å². The van der Waals surface area contributed by atoms with E-state index in [2.05, 4.69) is 52.3 Å². The van der Waals surface area contributed by atoms with Crippen LogP contribution in [0, 0.1) is 0 Å². The predicted octanol–water partition coefficient (Wildman–Crippen LogP) is 3.81. The minimum Gasteiger partial charge on any atom is -0.454 e. The number of amides is 1. The maximum atomic E-state index is 13.0. The van der Waals surface area contributed by atoms with Crippen LogP contribution in [0.15, 0.2) is 48.5 Å². The summed E-state index contributed by atoms with van der Waals surface area (Å²) in [5, 5.41) is 0.886. The van der Waals surface area contributed by atoms with Crippen molar-refractivity contribution in [1.82, 2.24) is 19.2 Å². The second kappa shape index (κ2) is 11.3. The minimum atomic E-state index is 0.206. The van der Waals surface area contributed by atoms with Gasteiger partial charge in [-0.05, 0) is 37.1 Å². The lowest BCUT2D eigenvalue weighted by Crippen LogP contribution is -2.49. The third-order valence-corrected chi connectivity index (χ3v) is 7.46. The molecule has 8 nitrogen and oxygen atoms in total. The highest BCUT2D eigenvalue weighted by Crippen LogP contribution is 2.33. The van der Waals surface area contributed by atoms with Gasteiger partial charge in [-0.15, -0.1) is 0 Å². The monoisotopic (exact) mass is 507 g/mol. The van der Waals surface area contributed by atoms with Crippen molar-refractivity contribution in [3.05, 3.63) is 65.5 Å². The Morgan fingerprint density at radius 2 is 1.81 bits per heavy atom. The molecule has 2 aromatic carbocycles. The molecule has 1 fully saturated rings. The number of fused-ring (bicyclic) bond motifs is 1. The Bertz CT molecular complexity index is 1160. The second-order valence-corrected chi connectivity index (χ2v) is 10.3. The first kappa shape index (κ1) is 24.5. The molecule has 2 aliphatic rings. The van der Waals surface area contributed by atoms with Crippen LogP contribution in [0.25, 0.3) is 0 Å². The molecule has 36 heavy (non-hydrogen) atoms. The van der Waals surface area contributed by atoms with Gasteiger partial charge in [-0.2, -0.15) is 4.37 Å². The van der Waals surface area contributed by atoms with Gasteiger partial charge in [0.2, 0.25) is 17.8 Å². The molecular formula is C27H33N5O3S. The Balaban J connectivity index is 1.10. The van der Waals surface area contributed by atoms with Crippen LogP contribution in [-0.4, -0.2) is 70.6 Å². The maximum Gasteiger partial charge on any atom is 0.231 e. The van der Waals surface area contributed by atoms with E-state index in [4.69, 9.17) is 14.5 Å². The number of anilines is 1. The summed E-state index contributed by atoms with van der Waals surface area (Å²) in [5.41, 5.74) is 2.40. The third-order valence-electron chi connectivity index (χ3n) is 6.67. The van der Waals surface area contributed by atoms with Crippen molar-refractivity contribution in [3.8, 4) is 11.5 Å². The normalized spacial score (nSPS) is 15.5. The zero-order valence-corrected chi connectivity index (χ0v) is 21.7. The Morgan fingerprint density at radius 1 is 1.03 bits per heavy atom. The van der Waals surface area contributed by atoms with Crippen molar-refractivity contribution >= 4 is 22.6 Å². The largest absolute Gasteiger partial charge is 0.454 e. The Morgan fingerprint density at radius 3 is 2.58 bits per heavy atom. The maximum absolute atomic E-state index is 13.0. The zero-order chi connectivity index (χ0) is 24.9. The molecule has 0 saturated carbocycles. The molecule has 0 radical (unpaired) electrons.